The van der Waals surface area contributed by atoms with E-state index in [0.717, 1.165) is 0 Å². The summed E-state index contributed by atoms with van der Waals surface area (Å²) in [5, 5.41) is 15.5. The topological polar surface area (TPSA) is 94.1 Å². The van der Waals surface area contributed by atoms with Crippen LogP contribution in [0.3, 0.4) is 0 Å². The summed E-state index contributed by atoms with van der Waals surface area (Å²) >= 11 is 0. The first-order chi connectivity index (χ1) is 9.97. The number of aromatic nitrogens is 4. The molecule has 2 N–H and O–H groups in total. The minimum absolute atomic E-state index is 0.267. The average Bonchev–Trinajstić information content (AvgIpc) is 2.95. The maximum absolute atomic E-state index is 12.6. The van der Waals surface area contributed by atoms with Crippen molar-refractivity contribution in [3.63, 3.8) is 0 Å². The quantitative estimate of drug-likeness (QED) is 0.739. The normalized spacial score (nSPS) is 11.0. The molecule has 0 saturated carbocycles. The average molecular weight is 287 g/mol. The maximum Gasteiger partial charge on any atom is 0.409 e. The van der Waals surface area contributed by atoms with Gasteiger partial charge in [0, 0.05) is 32.7 Å². The Hall–Kier alpha value is -3.03. The molecule has 3 rings (SSSR count). The lowest BCUT2D eigenvalue weighted by Crippen LogP contribution is -2.18. The van der Waals surface area contributed by atoms with Gasteiger partial charge >= 0.3 is 6.09 Å². The fourth-order valence-electron chi connectivity index (χ4n) is 2.35. The summed E-state index contributed by atoms with van der Waals surface area (Å²) in [6, 6.07) is 1.76. The zero-order chi connectivity index (χ0) is 15.1. The highest BCUT2D eigenvalue weighted by molar-refractivity contribution is 5.98. The van der Waals surface area contributed by atoms with Crippen LogP contribution in [0.4, 0.5) is 10.5 Å². The van der Waals surface area contributed by atoms with Gasteiger partial charge in [0.15, 0.2) is 0 Å². The second kappa shape index (κ2) is 4.51. The minimum Gasteiger partial charge on any atom is -0.465 e. The number of fused-ring (bicyclic) bond motifs is 1. The van der Waals surface area contributed by atoms with Crippen LogP contribution in [0, 0.1) is 0 Å². The van der Waals surface area contributed by atoms with E-state index in [1.807, 2.05) is 0 Å². The van der Waals surface area contributed by atoms with Gasteiger partial charge in [0.1, 0.15) is 0 Å². The number of aryl methyl sites for hydroxylation is 2. The summed E-state index contributed by atoms with van der Waals surface area (Å²) in [7, 11) is 3.51. The number of nitrogens with zero attached hydrogens (tertiary/aromatic N) is 4. The Kier molecular flexibility index (Phi) is 2.79. The third kappa shape index (κ3) is 2.06. The first kappa shape index (κ1) is 13.0. The van der Waals surface area contributed by atoms with E-state index in [1.165, 1.54) is 4.57 Å². The van der Waals surface area contributed by atoms with Crippen molar-refractivity contribution in [2.75, 3.05) is 5.32 Å². The molecule has 3 aromatic rings. The van der Waals surface area contributed by atoms with Crippen LogP contribution < -0.4 is 10.9 Å². The summed E-state index contributed by atoms with van der Waals surface area (Å²) < 4.78 is 4.73. The van der Waals surface area contributed by atoms with E-state index in [1.54, 1.807) is 54.2 Å². The molecule has 108 valence electrons. The van der Waals surface area contributed by atoms with Crippen LogP contribution in [-0.2, 0) is 14.1 Å². The second-order valence-electron chi connectivity index (χ2n) is 4.71. The molecule has 0 spiro atoms. The highest BCUT2D eigenvalue weighted by Crippen LogP contribution is 2.22. The van der Waals surface area contributed by atoms with Crippen LogP contribution in [0.15, 0.2) is 35.6 Å². The fourth-order valence-corrected chi connectivity index (χ4v) is 2.35. The van der Waals surface area contributed by atoms with Gasteiger partial charge in [-0.3, -0.25) is 19.4 Å². The molecule has 0 aromatic carbocycles. The maximum atomic E-state index is 12.6. The van der Waals surface area contributed by atoms with Crippen LogP contribution in [-0.4, -0.2) is 30.1 Å². The van der Waals surface area contributed by atoms with Crippen molar-refractivity contribution < 1.29 is 9.90 Å². The van der Waals surface area contributed by atoms with Crippen LogP contribution in [0.2, 0.25) is 0 Å². The zero-order valence-electron chi connectivity index (χ0n) is 11.4. The number of carbonyl (C=O) groups is 1. The predicted molar refractivity (Wildman–Crippen MR) is 76.9 cm³/mol. The van der Waals surface area contributed by atoms with E-state index in [9.17, 15) is 9.59 Å². The van der Waals surface area contributed by atoms with Gasteiger partial charge in [-0.25, -0.2) is 4.79 Å². The molecule has 0 aliphatic rings. The van der Waals surface area contributed by atoms with E-state index >= 15 is 0 Å². The Morgan fingerprint density at radius 1 is 1.33 bits per heavy atom. The minimum atomic E-state index is -1.21. The standard InChI is InChI=1S/C13H13N5O3/c1-16-7-9(15-13(20)21)11-10(16)3-4-18(12(11)19)8-5-14-17(2)6-8/h3-7,15H,1-2H3,(H,20,21). The molecule has 0 atom stereocenters. The molecule has 3 aromatic heterocycles. The third-order valence-electron chi connectivity index (χ3n) is 3.25. The van der Waals surface area contributed by atoms with Gasteiger partial charge in [-0.05, 0) is 6.07 Å². The Morgan fingerprint density at radius 2 is 2.10 bits per heavy atom. The fraction of sp³-hybridized carbons (Fsp3) is 0.154. The first-order valence-corrected chi connectivity index (χ1v) is 6.17. The number of nitrogens with one attached hydrogen (secondary N) is 1. The predicted octanol–water partition coefficient (Wildman–Crippen LogP) is 1.15. The molecule has 3 heterocycles. The van der Waals surface area contributed by atoms with Gasteiger partial charge in [-0.1, -0.05) is 0 Å². The molecule has 21 heavy (non-hydrogen) atoms. The molecule has 0 bridgehead atoms. The summed E-state index contributed by atoms with van der Waals surface area (Å²) in [6.07, 6.45) is 5.29. The van der Waals surface area contributed by atoms with Crippen LogP contribution in [0.25, 0.3) is 16.6 Å². The van der Waals surface area contributed by atoms with Gasteiger partial charge in [-0.15, -0.1) is 0 Å². The molecular formula is C13H13N5O3. The van der Waals surface area contributed by atoms with E-state index in [2.05, 4.69) is 10.4 Å². The van der Waals surface area contributed by atoms with Crippen molar-refractivity contribution in [1.82, 2.24) is 18.9 Å². The number of pyridine rings is 1. The lowest BCUT2D eigenvalue weighted by molar-refractivity contribution is 0.210. The Labute approximate surface area is 118 Å². The molecule has 0 radical (unpaired) electrons. The molecule has 0 aliphatic heterocycles. The Balaban J connectivity index is 2.28. The molecule has 0 aliphatic carbocycles. The molecular weight excluding hydrogens is 274 g/mol. The van der Waals surface area contributed by atoms with Crippen molar-refractivity contribution in [2.24, 2.45) is 14.1 Å². The van der Waals surface area contributed by atoms with Crippen LogP contribution >= 0.6 is 0 Å². The lowest BCUT2D eigenvalue weighted by Gasteiger charge is -2.04. The van der Waals surface area contributed by atoms with Gasteiger partial charge in [0.2, 0.25) is 0 Å². The van der Waals surface area contributed by atoms with Gasteiger partial charge in [0.05, 0.1) is 28.5 Å². The van der Waals surface area contributed by atoms with Crippen molar-refractivity contribution in [3.8, 4) is 5.69 Å². The number of rotatable bonds is 2. The molecule has 8 heteroatoms. The monoisotopic (exact) mass is 287 g/mol. The summed E-state index contributed by atoms with van der Waals surface area (Å²) in [5.74, 6) is 0. The SMILES string of the molecule is Cn1cc(-n2ccc3c(c(NC(=O)O)cn3C)c2=O)cn1. The van der Waals surface area contributed by atoms with E-state index in [-0.39, 0.29) is 11.2 Å². The third-order valence-corrected chi connectivity index (χ3v) is 3.25. The second-order valence-corrected chi connectivity index (χ2v) is 4.71. The largest absolute Gasteiger partial charge is 0.465 e. The van der Waals surface area contributed by atoms with Crippen molar-refractivity contribution in [3.05, 3.63) is 41.2 Å². The number of hydrogen-bond donors (Lipinski definition) is 2. The summed E-state index contributed by atoms with van der Waals surface area (Å²) in [4.78, 5) is 23.5. The summed E-state index contributed by atoms with van der Waals surface area (Å²) in [5.41, 5.74) is 1.24. The smallest absolute Gasteiger partial charge is 0.409 e. The Morgan fingerprint density at radius 3 is 2.71 bits per heavy atom. The number of anilines is 1. The Bertz CT molecular complexity index is 902. The first-order valence-electron chi connectivity index (χ1n) is 6.17. The van der Waals surface area contributed by atoms with Crippen molar-refractivity contribution in [2.45, 2.75) is 0 Å². The summed E-state index contributed by atoms with van der Waals surface area (Å²) in [6.45, 7) is 0. The zero-order valence-corrected chi connectivity index (χ0v) is 11.4. The molecule has 8 nitrogen and oxygen atoms in total. The molecule has 0 fully saturated rings. The molecule has 0 unspecified atom stereocenters. The number of amides is 1. The van der Waals surface area contributed by atoms with Crippen LogP contribution in [0.1, 0.15) is 0 Å². The lowest BCUT2D eigenvalue weighted by atomic mass is 10.3. The number of hydrogen-bond acceptors (Lipinski definition) is 3. The van der Waals surface area contributed by atoms with Crippen molar-refractivity contribution in [1.29, 1.82) is 0 Å². The van der Waals surface area contributed by atoms with Crippen molar-refractivity contribution >= 4 is 22.7 Å². The highest BCUT2D eigenvalue weighted by Gasteiger charge is 2.15. The highest BCUT2D eigenvalue weighted by atomic mass is 16.4. The van der Waals surface area contributed by atoms with Gasteiger partial charge in [-0.2, -0.15) is 5.10 Å². The van der Waals surface area contributed by atoms with E-state index in [4.69, 9.17) is 5.11 Å². The van der Waals surface area contributed by atoms with Crippen LogP contribution in [0.5, 0.6) is 0 Å². The van der Waals surface area contributed by atoms with E-state index in [0.29, 0.717) is 16.6 Å². The van der Waals surface area contributed by atoms with Gasteiger partial charge in [0.25, 0.3) is 5.56 Å². The molecule has 0 saturated heterocycles. The van der Waals surface area contributed by atoms with E-state index < -0.39 is 6.09 Å². The number of carboxylic acid groups (broad SMARTS) is 1. The molecule has 1 amide bonds. The van der Waals surface area contributed by atoms with Gasteiger partial charge < -0.3 is 9.67 Å².